The molecule has 2 atom stereocenters. The number of alkyl halides is 4. The van der Waals surface area contributed by atoms with Crippen LogP contribution in [0.5, 0.6) is 0 Å². The molecule has 3 aromatic carbocycles. The molecule has 0 unspecified atom stereocenters. The van der Waals surface area contributed by atoms with E-state index in [9.17, 15) is 27.6 Å². The molecule has 1 N–H and O–H groups in total. The van der Waals surface area contributed by atoms with Crippen LogP contribution >= 0.6 is 15.9 Å². The highest BCUT2D eigenvalue weighted by atomic mass is 79.9. The molecule has 0 spiro atoms. The smallest absolute Gasteiger partial charge is 0.325 e. The number of hydrogen-bond acceptors (Lipinski definition) is 3. The van der Waals surface area contributed by atoms with Gasteiger partial charge in [-0.3, -0.25) is 19.3 Å². The number of amides is 3. The van der Waals surface area contributed by atoms with Gasteiger partial charge in [0.25, 0.3) is 0 Å². The van der Waals surface area contributed by atoms with Crippen LogP contribution in [0.15, 0.2) is 72.8 Å². The van der Waals surface area contributed by atoms with Crippen LogP contribution in [0.25, 0.3) is 0 Å². The first-order valence-electron chi connectivity index (χ1n) is 11.3. The molecule has 1 fully saturated rings. The molecule has 4 aliphatic rings. The normalized spacial score (nSPS) is 25.9. The molecular weight excluding hydrogens is 537 g/mol. The Hall–Kier alpha value is -3.46. The van der Waals surface area contributed by atoms with Gasteiger partial charge in [0.15, 0.2) is 0 Å². The molecule has 3 amide bonds. The van der Waals surface area contributed by atoms with E-state index in [0.717, 1.165) is 39.3 Å². The number of carbonyl (C=O) groups excluding carboxylic acids is 3. The molecule has 182 valence electrons. The molecule has 2 bridgehead atoms. The summed E-state index contributed by atoms with van der Waals surface area (Å²) in [5.41, 5.74) is 2.80. The number of imide groups is 1. The first kappa shape index (κ1) is 23.0. The number of nitrogens with zero attached hydrogens (tertiary/aromatic N) is 1. The van der Waals surface area contributed by atoms with Gasteiger partial charge in [-0.15, -0.1) is 0 Å². The Morgan fingerprint density at radius 1 is 0.917 bits per heavy atom. The molecule has 9 heteroatoms. The first-order valence-corrected chi connectivity index (χ1v) is 12.1. The van der Waals surface area contributed by atoms with Crippen molar-refractivity contribution in [2.75, 3.05) is 11.9 Å². The Kier molecular flexibility index (Phi) is 4.96. The maximum atomic E-state index is 13.7. The molecule has 0 saturated carbocycles. The number of nitrogens with one attached hydrogen (secondary N) is 1. The van der Waals surface area contributed by atoms with Gasteiger partial charge >= 0.3 is 6.18 Å². The number of anilines is 1. The van der Waals surface area contributed by atoms with Crippen molar-refractivity contribution < 1.29 is 27.6 Å². The van der Waals surface area contributed by atoms with Crippen LogP contribution in [0.4, 0.5) is 18.9 Å². The van der Waals surface area contributed by atoms with Crippen LogP contribution in [-0.4, -0.2) is 29.2 Å². The topological polar surface area (TPSA) is 66.5 Å². The van der Waals surface area contributed by atoms with Gasteiger partial charge in [0, 0.05) is 11.6 Å². The number of likely N-dealkylation sites (tertiary alicyclic amines) is 1. The summed E-state index contributed by atoms with van der Waals surface area (Å²) >= 11 is 3.87. The molecule has 36 heavy (non-hydrogen) atoms. The quantitative estimate of drug-likeness (QED) is 0.364. The minimum absolute atomic E-state index is 0.0665. The van der Waals surface area contributed by atoms with Crippen LogP contribution in [0.1, 0.15) is 33.7 Å². The largest absolute Gasteiger partial charge is 0.416 e. The van der Waals surface area contributed by atoms with Gasteiger partial charge < -0.3 is 5.32 Å². The highest BCUT2D eigenvalue weighted by Crippen LogP contribution is 2.66. The van der Waals surface area contributed by atoms with Gasteiger partial charge in [0.05, 0.1) is 21.7 Å². The molecule has 1 aliphatic heterocycles. The van der Waals surface area contributed by atoms with E-state index >= 15 is 0 Å². The molecule has 3 aromatic rings. The van der Waals surface area contributed by atoms with Gasteiger partial charge in [-0.25, -0.2) is 0 Å². The summed E-state index contributed by atoms with van der Waals surface area (Å²) in [6, 6.07) is 19.6. The summed E-state index contributed by atoms with van der Waals surface area (Å²) in [7, 11) is 0. The monoisotopic (exact) mass is 554 g/mol. The van der Waals surface area contributed by atoms with Crippen molar-refractivity contribution in [1.29, 1.82) is 0 Å². The third-order valence-electron chi connectivity index (χ3n) is 7.38. The molecule has 7 rings (SSSR count). The Bertz CT molecular complexity index is 1410. The van der Waals surface area contributed by atoms with Crippen molar-refractivity contribution in [1.82, 2.24) is 4.90 Å². The minimum Gasteiger partial charge on any atom is -0.325 e. The molecule has 1 heterocycles. The molecule has 5 nitrogen and oxygen atoms in total. The Morgan fingerprint density at radius 3 is 2.14 bits per heavy atom. The lowest BCUT2D eigenvalue weighted by molar-refractivity contribution is -0.142. The lowest BCUT2D eigenvalue weighted by Crippen LogP contribution is -2.50. The van der Waals surface area contributed by atoms with Crippen LogP contribution in [-0.2, 0) is 24.9 Å². The second-order valence-electron chi connectivity index (χ2n) is 9.26. The number of rotatable bonds is 3. The fraction of sp³-hybridized carbons (Fsp3) is 0.222. The van der Waals surface area contributed by atoms with Gasteiger partial charge in [0.1, 0.15) is 6.54 Å². The van der Waals surface area contributed by atoms with Gasteiger partial charge in [-0.2, -0.15) is 13.2 Å². The Labute approximate surface area is 212 Å². The fourth-order valence-corrected chi connectivity index (χ4v) is 7.21. The van der Waals surface area contributed by atoms with Crippen molar-refractivity contribution in [3.63, 3.8) is 0 Å². The molecule has 3 aliphatic carbocycles. The summed E-state index contributed by atoms with van der Waals surface area (Å²) in [5, 5.41) is 2.39. The van der Waals surface area contributed by atoms with E-state index in [-0.39, 0.29) is 11.6 Å². The van der Waals surface area contributed by atoms with Gasteiger partial charge in [-0.1, -0.05) is 70.5 Å². The summed E-state index contributed by atoms with van der Waals surface area (Å²) < 4.78 is 38.2. The van der Waals surface area contributed by atoms with Crippen molar-refractivity contribution in [2.24, 2.45) is 11.8 Å². The van der Waals surface area contributed by atoms with Crippen LogP contribution < -0.4 is 5.32 Å². The standard InChI is InChI=1S/C27H18BrF3N2O3/c28-26-18-10-3-1-8-16(18)21(17-9-2-4-11-19(17)26)22-23(26)25(36)33(24(22)35)13-20(34)32-15-7-5-6-14(12-15)27(29,30)31/h1-12,21-23H,13H2,(H,32,34)/t21?,22-,23+,26?/m0/s1. The molecule has 0 aromatic heterocycles. The predicted octanol–water partition coefficient (Wildman–Crippen LogP) is 5.04. The second kappa shape index (κ2) is 7.77. The third kappa shape index (κ3) is 3.11. The highest BCUT2D eigenvalue weighted by molar-refractivity contribution is 9.09. The number of benzene rings is 3. The molecule has 0 radical (unpaired) electrons. The van der Waals surface area contributed by atoms with Gasteiger partial charge in [-0.05, 0) is 40.5 Å². The Balaban J connectivity index is 1.33. The van der Waals surface area contributed by atoms with Crippen LogP contribution in [0, 0.1) is 11.8 Å². The van der Waals surface area contributed by atoms with Gasteiger partial charge in [0.2, 0.25) is 17.7 Å². The van der Waals surface area contributed by atoms with E-state index in [1.165, 1.54) is 12.1 Å². The average molecular weight is 555 g/mol. The molecule has 1 saturated heterocycles. The SMILES string of the molecule is O=C(CN1C(=O)[C@H]2C3c4ccccc4C(Br)(c4ccccc43)[C@H]2C1=O)Nc1cccc(C(F)(F)F)c1. The Morgan fingerprint density at radius 2 is 1.53 bits per heavy atom. The summed E-state index contributed by atoms with van der Waals surface area (Å²) in [6.07, 6.45) is -4.56. The van der Waals surface area contributed by atoms with Crippen molar-refractivity contribution in [3.8, 4) is 0 Å². The summed E-state index contributed by atoms with van der Waals surface area (Å²) in [5.74, 6) is -3.46. The summed E-state index contributed by atoms with van der Waals surface area (Å²) in [6.45, 7) is -0.580. The van der Waals surface area contributed by atoms with Crippen LogP contribution in [0.3, 0.4) is 0 Å². The average Bonchev–Trinajstić information content (AvgIpc) is 3.10. The predicted molar refractivity (Wildman–Crippen MR) is 128 cm³/mol. The highest BCUT2D eigenvalue weighted by Gasteiger charge is 2.67. The lowest BCUT2D eigenvalue weighted by Gasteiger charge is -2.51. The van der Waals surface area contributed by atoms with Crippen molar-refractivity contribution >= 4 is 39.3 Å². The molecular formula is C27H18BrF3N2O3. The third-order valence-corrected chi connectivity index (χ3v) is 8.73. The number of halogens is 4. The van der Waals surface area contributed by atoms with E-state index in [1.807, 2.05) is 48.5 Å². The van der Waals surface area contributed by atoms with E-state index in [0.29, 0.717) is 0 Å². The van der Waals surface area contributed by atoms with Crippen molar-refractivity contribution in [2.45, 2.75) is 16.4 Å². The van der Waals surface area contributed by atoms with E-state index in [1.54, 1.807) is 0 Å². The summed E-state index contributed by atoms with van der Waals surface area (Å²) in [4.78, 5) is 41.0. The number of hydrogen-bond donors (Lipinski definition) is 1. The van der Waals surface area contributed by atoms with E-state index in [4.69, 9.17) is 0 Å². The zero-order valence-electron chi connectivity index (χ0n) is 18.6. The zero-order chi connectivity index (χ0) is 25.4. The number of carbonyl (C=O) groups is 3. The van der Waals surface area contributed by atoms with Crippen LogP contribution in [0.2, 0.25) is 0 Å². The fourth-order valence-electron chi connectivity index (χ4n) is 6.01. The zero-order valence-corrected chi connectivity index (χ0v) is 20.1. The maximum Gasteiger partial charge on any atom is 0.416 e. The maximum absolute atomic E-state index is 13.7. The van der Waals surface area contributed by atoms with E-state index < -0.39 is 52.2 Å². The van der Waals surface area contributed by atoms with E-state index in [2.05, 4.69) is 21.2 Å². The van der Waals surface area contributed by atoms with Crippen molar-refractivity contribution in [3.05, 3.63) is 101 Å². The lowest BCUT2D eigenvalue weighted by atomic mass is 9.55. The first-order chi connectivity index (χ1) is 17.1. The second-order valence-corrected chi connectivity index (χ2v) is 10.5. The minimum atomic E-state index is -4.56.